The molecule has 152 valence electrons. The molecule has 3 nitrogen and oxygen atoms in total. The highest BCUT2D eigenvalue weighted by molar-refractivity contribution is 6.05. The fraction of sp³-hybridized carbons (Fsp3) is 0.222. The van der Waals surface area contributed by atoms with Gasteiger partial charge in [-0.1, -0.05) is 104 Å². The minimum Gasteiger partial charge on any atom is -0.378 e. The summed E-state index contributed by atoms with van der Waals surface area (Å²) in [5, 5.41) is 12.0. The molecule has 3 heteroatoms. The molecule has 1 unspecified atom stereocenters. The molecule has 0 aliphatic carbocycles. The third kappa shape index (κ3) is 3.81. The fourth-order valence-electron chi connectivity index (χ4n) is 4.32. The zero-order valence-corrected chi connectivity index (χ0v) is 17.3. The Labute approximate surface area is 178 Å². The van der Waals surface area contributed by atoms with E-state index in [0.29, 0.717) is 12.1 Å². The van der Waals surface area contributed by atoms with Crippen LogP contribution in [0.1, 0.15) is 36.5 Å². The van der Waals surface area contributed by atoms with Crippen LogP contribution in [-0.4, -0.2) is 22.5 Å². The van der Waals surface area contributed by atoms with Crippen LogP contribution in [-0.2, 0) is 16.9 Å². The van der Waals surface area contributed by atoms with Crippen molar-refractivity contribution in [2.24, 2.45) is 0 Å². The highest BCUT2D eigenvalue weighted by Gasteiger charge is 2.49. The Morgan fingerprint density at radius 2 is 1.47 bits per heavy atom. The quantitative estimate of drug-likeness (QED) is 0.583. The Kier molecular flexibility index (Phi) is 5.82. The first-order valence-electron chi connectivity index (χ1n) is 10.5. The second-order valence-electron chi connectivity index (χ2n) is 7.84. The summed E-state index contributed by atoms with van der Waals surface area (Å²) >= 11 is 0. The lowest BCUT2D eigenvalue weighted by atomic mass is 9.82. The summed E-state index contributed by atoms with van der Waals surface area (Å²) in [6, 6.07) is 29.5. The van der Waals surface area contributed by atoms with Crippen LogP contribution in [0.25, 0.3) is 5.57 Å². The molecule has 0 saturated carbocycles. The van der Waals surface area contributed by atoms with Crippen LogP contribution in [0, 0.1) is 0 Å². The van der Waals surface area contributed by atoms with Gasteiger partial charge < -0.3 is 10.0 Å². The van der Waals surface area contributed by atoms with Crippen molar-refractivity contribution in [3.8, 4) is 0 Å². The lowest BCUT2D eigenvalue weighted by Gasteiger charge is -2.26. The van der Waals surface area contributed by atoms with Crippen molar-refractivity contribution >= 4 is 11.5 Å². The molecule has 1 aliphatic rings. The molecule has 30 heavy (non-hydrogen) atoms. The summed E-state index contributed by atoms with van der Waals surface area (Å²) in [5.74, 6) is -0.0856. The first-order valence-corrected chi connectivity index (χ1v) is 10.5. The number of amides is 1. The molecule has 3 aromatic carbocycles. The van der Waals surface area contributed by atoms with Crippen LogP contribution < -0.4 is 0 Å². The van der Waals surface area contributed by atoms with E-state index >= 15 is 0 Å². The van der Waals surface area contributed by atoms with Gasteiger partial charge >= 0.3 is 0 Å². The molecular formula is C27H27NO2. The first-order chi connectivity index (χ1) is 14.6. The standard InChI is InChI=1S/C27H27NO2/c1-2-12-24(22-15-8-4-9-16-22)25-26(29)28(19-21-13-6-3-7-14-21)20-27(25,30)23-17-10-5-11-18-23/h3-11,13-18,30H,2,12,19-20H2,1H3/b25-24-. The molecule has 0 radical (unpaired) electrons. The average Bonchev–Trinajstić information content (AvgIpc) is 3.04. The average molecular weight is 398 g/mol. The molecule has 1 heterocycles. The smallest absolute Gasteiger partial charge is 0.253 e. The molecule has 3 aromatic rings. The summed E-state index contributed by atoms with van der Waals surface area (Å²) in [4.78, 5) is 15.5. The van der Waals surface area contributed by atoms with E-state index in [1.807, 2.05) is 91.0 Å². The normalized spacial score (nSPS) is 20.5. The van der Waals surface area contributed by atoms with Crippen LogP contribution in [0.15, 0.2) is 96.6 Å². The van der Waals surface area contributed by atoms with Gasteiger partial charge in [0.25, 0.3) is 5.91 Å². The second kappa shape index (κ2) is 8.68. The van der Waals surface area contributed by atoms with Gasteiger partial charge in [-0.25, -0.2) is 0 Å². The Balaban J connectivity index is 1.86. The van der Waals surface area contributed by atoms with Gasteiger partial charge in [-0.3, -0.25) is 4.79 Å². The van der Waals surface area contributed by atoms with Gasteiger partial charge in [-0.05, 0) is 28.7 Å². The zero-order valence-electron chi connectivity index (χ0n) is 17.3. The Morgan fingerprint density at radius 3 is 2.07 bits per heavy atom. The molecule has 4 rings (SSSR count). The summed E-state index contributed by atoms with van der Waals surface area (Å²) in [7, 11) is 0. The molecule has 0 aromatic heterocycles. The monoisotopic (exact) mass is 397 g/mol. The minimum absolute atomic E-state index is 0.0856. The van der Waals surface area contributed by atoms with Crippen LogP contribution in [0.5, 0.6) is 0 Å². The molecule has 0 spiro atoms. The number of hydrogen-bond donors (Lipinski definition) is 1. The van der Waals surface area contributed by atoms with Crippen LogP contribution in [0.2, 0.25) is 0 Å². The third-order valence-electron chi connectivity index (χ3n) is 5.73. The highest BCUT2D eigenvalue weighted by atomic mass is 16.3. The van der Waals surface area contributed by atoms with Gasteiger partial charge in [0.15, 0.2) is 0 Å². The molecule has 1 aliphatic heterocycles. The van der Waals surface area contributed by atoms with E-state index in [4.69, 9.17) is 0 Å². The number of hydrogen-bond acceptors (Lipinski definition) is 2. The SMILES string of the molecule is CCC/C(=C1\C(=O)N(Cc2ccccc2)CC1(O)c1ccccc1)c1ccccc1. The van der Waals surface area contributed by atoms with E-state index in [9.17, 15) is 9.90 Å². The number of benzene rings is 3. The maximum Gasteiger partial charge on any atom is 0.253 e. The van der Waals surface area contributed by atoms with E-state index in [0.717, 1.165) is 35.1 Å². The predicted molar refractivity (Wildman–Crippen MR) is 120 cm³/mol. The third-order valence-corrected chi connectivity index (χ3v) is 5.73. The molecular weight excluding hydrogens is 370 g/mol. The van der Waals surface area contributed by atoms with Crippen molar-refractivity contribution in [2.75, 3.05) is 6.54 Å². The topological polar surface area (TPSA) is 40.5 Å². The van der Waals surface area contributed by atoms with Gasteiger partial charge in [0.1, 0.15) is 5.60 Å². The molecule has 1 atom stereocenters. The number of likely N-dealkylation sites (tertiary alicyclic amines) is 1. The molecule has 1 saturated heterocycles. The van der Waals surface area contributed by atoms with Crippen molar-refractivity contribution in [2.45, 2.75) is 31.9 Å². The van der Waals surface area contributed by atoms with Gasteiger partial charge in [-0.15, -0.1) is 0 Å². The van der Waals surface area contributed by atoms with Crippen molar-refractivity contribution < 1.29 is 9.90 Å². The Hall–Kier alpha value is -3.17. The van der Waals surface area contributed by atoms with E-state index in [-0.39, 0.29) is 12.5 Å². The van der Waals surface area contributed by atoms with Crippen LogP contribution >= 0.6 is 0 Å². The van der Waals surface area contributed by atoms with Gasteiger partial charge in [0.2, 0.25) is 0 Å². The highest BCUT2D eigenvalue weighted by Crippen LogP contribution is 2.43. The number of carbonyl (C=O) groups is 1. The lowest BCUT2D eigenvalue weighted by Crippen LogP contribution is -2.32. The zero-order chi connectivity index (χ0) is 21.0. The maximum atomic E-state index is 13.7. The van der Waals surface area contributed by atoms with Crippen molar-refractivity contribution in [3.63, 3.8) is 0 Å². The van der Waals surface area contributed by atoms with Gasteiger partial charge in [-0.2, -0.15) is 0 Å². The summed E-state index contributed by atoms with van der Waals surface area (Å²) in [5.41, 5.74) is 2.92. The molecule has 1 fully saturated rings. The van der Waals surface area contributed by atoms with Crippen LogP contribution in [0.3, 0.4) is 0 Å². The fourth-order valence-corrected chi connectivity index (χ4v) is 4.32. The largest absolute Gasteiger partial charge is 0.378 e. The molecule has 0 bridgehead atoms. The van der Waals surface area contributed by atoms with Crippen molar-refractivity contribution in [1.82, 2.24) is 4.90 Å². The van der Waals surface area contributed by atoms with Gasteiger partial charge in [0.05, 0.1) is 12.1 Å². The Bertz CT molecular complexity index is 1030. The number of carbonyl (C=O) groups excluding carboxylic acids is 1. The molecule has 1 N–H and O–H groups in total. The minimum atomic E-state index is -1.34. The van der Waals surface area contributed by atoms with Crippen molar-refractivity contribution in [3.05, 3.63) is 113 Å². The number of allylic oxidation sites excluding steroid dienone is 1. The number of aliphatic hydroxyl groups is 1. The summed E-state index contributed by atoms with van der Waals surface area (Å²) in [6.07, 6.45) is 1.63. The summed E-state index contributed by atoms with van der Waals surface area (Å²) < 4.78 is 0. The summed E-state index contributed by atoms with van der Waals surface area (Å²) in [6.45, 7) is 2.83. The van der Waals surface area contributed by atoms with E-state index < -0.39 is 5.60 Å². The molecule has 1 amide bonds. The van der Waals surface area contributed by atoms with Crippen LogP contribution in [0.4, 0.5) is 0 Å². The van der Waals surface area contributed by atoms with E-state index in [1.165, 1.54) is 0 Å². The van der Waals surface area contributed by atoms with E-state index in [1.54, 1.807) is 4.90 Å². The van der Waals surface area contributed by atoms with E-state index in [2.05, 4.69) is 6.92 Å². The van der Waals surface area contributed by atoms with Gasteiger partial charge in [0, 0.05) is 6.54 Å². The predicted octanol–water partition coefficient (Wildman–Crippen LogP) is 5.17. The lowest BCUT2D eigenvalue weighted by molar-refractivity contribution is -0.125. The maximum absolute atomic E-state index is 13.7. The number of nitrogens with zero attached hydrogens (tertiary/aromatic N) is 1. The number of rotatable bonds is 6. The number of β-amino-alcohol motifs (C(OH)–C–C–N with tert-alkyl or cyclic N) is 1. The second-order valence-corrected chi connectivity index (χ2v) is 7.84. The first kappa shape index (κ1) is 20.1. The van der Waals surface area contributed by atoms with Crippen molar-refractivity contribution in [1.29, 1.82) is 0 Å². The Morgan fingerprint density at radius 1 is 0.900 bits per heavy atom.